The van der Waals surface area contributed by atoms with Crippen LogP contribution in [0.4, 0.5) is 0 Å². The lowest BCUT2D eigenvalue weighted by Gasteiger charge is -2.20. The van der Waals surface area contributed by atoms with Crippen molar-refractivity contribution in [3.63, 3.8) is 0 Å². The van der Waals surface area contributed by atoms with E-state index in [-0.39, 0.29) is 11.8 Å². The Morgan fingerprint density at radius 3 is 2.24 bits per heavy atom. The zero-order valence-corrected chi connectivity index (χ0v) is 11.2. The van der Waals surface area contributed by atoms with Crippen LogP contribution in [0.15, 0.2) is 18.2 Å². The number of nitrogens with zero attached hydrogens (tertiary/aromatic N) is 1. The number of hydrogen-bond donors (Lipinski definition) is 1. The molecule has 17 heavy (non-hydrogen) atoms. The van der Waals surface area contributed by atoms with Crippen molar-refractivity contribution in [2.24, 2.45) is 11.7 Å². The van der Waals surface area contributed by atoms with Gasteiger partial charge in [0.1, 0.15) is 0 Å². The van der Waals surface area contributed by atoms with E-state index in [9.17, 15) is 4.79 Å². The SMILES string of the molecule is Cc1cccc(C)c1CC(CN)C(=O)N(C)C. The molecule has 0 bridgehead atoms. The van der Waals surface area contributed by atoms with Crippen LogP contribution in [0.2, 0.25) is 0 Å². The molecule has 1 aromatic carbocycles. The van der Waals surface area contributed by atoms with Crippen LogP contribution in [0.1, 0.15) is 16.7 Å². The van der Waals surface area contributed by atoms with E-state index in [1.807, 2.05) is 6.07 Å². The first kappa shape index (κ1) is 13.7. The lowest BCUT2D eigenvalue weighted by molar-refractivity contribution is -0.132. The topological polar surface area (TPSA) is 46.3 Å². The first-order valence-electron chi connectivity index (χ1n) is 5.93. The number of nitrogens with two attached hydrogens (primary N) is 1. The molecule has 0 aliphatic carbocycles. The average molecular weight is 234 g/mol. The third kappa shape index (κ3) is 3.30. The predicted molar refractivity (Wildman–Crippen MR) is 70.9 cm³/mol. The molecule has 1 rings (SSSR count). The molecule has 1 aromatic rings. The van der Waals surface area contributed by atoms with Gasteiger partial charge in [-0.05, 0) is 37.0 Å². The molecule has 3 nitrogen and oxygen atoms in total. The number of carbonyl (C=O) groups is 1. The lowest BCUT2D eigenvalue weighted by atomic mass is 9.92. The van der Waals surface area contributed by atoms with Gasteiger partial charge in [-0.15, -0.1) is 0 Å². The van der Waals surface area contributed by atoms with E-state index in [1.165, 1.54) is 16.7 Å². The van der Waals surface area contributed by atoms with E-state index in [4.69, 9.17) is 5.73 Å². The Balaban J connectivity index is 2.92. The molecule has 0 saturated heterocycles. The smallest absolute Gasteiger partial charge is 0.226 e. The van der Waals surface area contributed by atoms with E-state index in [2.05, 4.69) is 26.0 Å². The third-order valence-electron chi connectivity index (χ3n) is 3.17. The summed E-state index contributed by atoms with van der Waals surface area (Å²) in [5.41, 5.74) is 9.42. The van der Waals surface area contributed by atoms with Gasteiger partial charge in [-0.1, -0.05) is 18.2 Å². The minimum atomic E-state index is -0.121. The Labute approximate surface area is 104 Å². The molecular formula is C14H22N2O. The molecule has 0 aliphatic rings. The predicted octanol–water partition coefficient (Wildman–Crippen LogP) is 1.51. The van der Waals surface area contributed by atoms with Gasteiger partial charge in [-0.2, -0.15) is 0 Å². The third-order valence-corrected chi connectivity index (χ3v) is 3.17. The largest absolute Gasteiger partial charge is 0.349 e. The summed E-state index contributed by atoms with van der Waals surface area (Å²) in [7, 11) is 3.55. The van der Waals surface area contributed by atoms with Crippen LogP contribution in [0, 0.1) is 19.8 Å². The van der Waals surface area contributed by atoms with Crippen LogP contribution >= 0.6 is 0 Å². The van der Waals surface area contributed by atoms with E-state index < -0.39 is 0 Å². The molecule has 2 N–H and O–H groups in total. The number of rotatable bonds is 4. The summed E-state index contributed by atoms with van der Waals surface area (Å²) in [6.07, 6.45) is 0.728. The summed E-state index contributed by atoms with van der Waals surface area (Å²) in [6, 6.07) is 6.20. The van der Waals surface area contributed by atoms with Crippen LogP contribution in [0.25, 0.3) is 0 Å². The summed E-state index contributed by atoms with van der Waals surface area (Å²) in [5.74, 6) is -0.0139. The Morgan fingerprint density at radius 2 is 1.82 bits per heavy atom. The van der Waals surface area contributed by atoms with Gasteiger partial charge in [0.05, 0.1) is 5.92 Å². The Kier molecular flexibility index (Phi) is 4.70. The standard InChI is InChI=1S/C14H22N2O/c1-10-6-5-7-11(2)13(10)8-12(9-15)14(17)16(3)4/h5-7,12H,8-9,15H2,1-4H3. The number of aryl methyl sites for hydroxylation is 2. The van der Waals surface area contributed by atoms with Crippen molar-refractivity contribution in [3.8, 4) is 0 Å². The van der Waals surface area contributed by atoms with Gasteiger partial charge in [-0.25, -0.2) is 0 Å². The molecule has 0 heterocycles. The fourth-order valence-corrected chi connectivity index (χ4v) is 2.05. The van der Waals surface area contributed by atoms with Crippen molar-refractivity contribution in [2.45, 2.75) is 20.3 Å². The second-order valence-corrected chi connectivity index (χ2v) is 4.74. The van der Waals surface area contributed by atoms with Gasteiger partial charge in [0.15, 0.2) is 0 Å². The van der Waals surface area contributed by atoms with Crippen LogP contribution in [0.3, 0.4) is 0 Å². The van der Waals surface area contributed by atoms with Gasteiger partial charge in [0.2, 0.25) is 5.91 Å². The zero-order valence-electron chi connectivity index (χ0n) is 11.2. The van der Waals surface area contributed by atoms with E-state index >= 15 is 0 Å². The zero-order chi connectivity index (χ0) is 13.0. The monoisotopic (exact) mass is 234 g/mol. The molecular weight excluding hydrogens is 212 g/mol. The van der Waals surface area contributed by atoms with Gasteiger partial charge < -0.3 is 10.6 Å². The van der Waals surface area contributed by atoms with Crippen molar-refractivity contribution in [3.05, 3.63) is 34.9 Å². The van der Waals surface area contributed by atoms with Crippen molar-refractivity contribution >= 4 is 5.91 Å². The fourth-order valence-electron chi connectivity index (χ4n) is 2.05. The number of amides is 1. The van der Waals surface area contributed by atoms with Crippen molar-refractivity contribution in [2.75, 3.05) is 20.6 Å². The highest BCUT2D eigenvalue weighted by molar-refractivity contribution is 5.79. The fraction of sp³-hybridized carbons (Fsp3) is 0.500. The minimum absolute atomic E-state index is 0.107. The van der Waals surface area contributed by atoms with Gasteiger partial charge >= 0.3 is 0 Å². The summed E-state index contributed by atoms with van der Waals surface area (Å²) in [6.45, 7) is 4.55. The maximum atomic E-state index is 11.9. The molecule has 0 fully saturated rings. The quantitative estimate of drug-likeness (QED) is 0.858. The maximum absolute atomic E-state index is 11.9. The van der Waals surface area contributed by atoms with Crippen LogP contribution < -0.4 is 5.73 Å². The lowest BCUT2D eigenvalue weighted by Crippen LogP contribution is -2.35. The molecule has 1 unspecified atom stereocenters. The highest BCUT2D eigenvalue weighted by atomic mass is 16.2. The summed E-state index contributed by atoms with van der Waals surface area (Å²) >= 11 is 0. The summed E-state index contributed by atoms with van der Waals surface area (Å²) in [5, 5.41) is 0. The second kappa shape index (κ2) is 5.82. The Hall–Kier alpha value is -1.35. The van der Waals surface area contributed by atoms with E-state index in [0.29, 0.717) is 6.54 Å². The molecule has 0 radical (unpaired) electrons. The highest BCUT2D eigenvalue weighted by Gasteiger charge is 2.20. The molecule has 1 atom stereocenters. The first-order valence-corrected chi connectivity index (χ1v) is 5.93. The summed E-state index contributed by atoms with van der Waals surface area (Å²) < 4.78 is 0. The van der Waals surface area contributed by atoms with Crippen LogP contribution in [0.5, 0.6) is 0 Å². The number of hydrogen-bond acceptors (Lipinski definition) is 2. The van der Waals surface area contributed by atoms with Crippen molar-refractivity contribution in [1.82, 2.24) is 4.90 Å². The van der Waals surface area contributed by atoms with Gasteiger partial charge in [-0.3, -0.25) is 4.79 Å². The molecule has 0 saturated carbocycles. The maximum Gasteiger partial charge on any atom is 0.226 e. The molecule has 3 heteroatoms. The van der Waals surface area contributed by atoms with Crippen molar-refractivity contribution in [1.29, 1.82) is 0 Å². The van der Waals surface area contributed by atoms with Gasteiger partial charge in [0.25, 0.3) is 0 Å². The van der Waals surface area contributed by atoms with Crippen LogP contribution in [-0.4, -0.2) is 31.4 Å². The molecule has 0 spiro atoms. The Bertz CT molecular complexity index is 379. The molecule has 94 valence electrons. The van der Waals surface area contributed by atoms with E-state index in [1.54, 1.807) is 19.0 Å². The number of carbonyl (C=O) groups excluding carboxylic acids is 1. The van der Waals surface area contributed by atoms with Crippen LogP contribution in [-0.2, 0) is 11.2 Å². The number of benzene rings is 1. The Morgan fingerprint density at radius 1 is 1.29 bits per heavy atom. The van der Waals surface area contributed by atoms with E-state index in [0.717, 1.165) is 6.42 Å². The summed E-state index contributed by atoms with van der Waals surface area (Å²) in [4.78, 5) is 13.6. The molecule has 0 aliphatic heterocycles. The average Bonchev–Trinajstić information content (AvgIpc) is 2.28. The van der Waals surface area contributed by atoms with Gasteiger partial charge in [0, 0.05) is 20.6 Å². The molecule has 0 aromatic heterocycles. The normalized spacial score (nSPS) is 12.3. The van der Waals surface area contributed by atoms with Crippen molar-refractivity contribution < 1.29 is 4.79 Å². The minimum Gasteiger partial charge on any atom is -0.349 e. The highest BCUT2D eigenvalue weighted by Crippen LogP contribution is 2.18. The second-order valence-electron chi connectivity index (χ2n) is 4.74. The first-order chi connectivity index (χ1) is 7.97. The molecule has 1 amide bonds.